The Bertz CT molecular complexity index is 1350. The van der Waals surface area contributed by atoms with Gasteiger partial charge in [-0.05, 0) is 20.8 Å². The van der Waals surface area contributed by atoms with Gasteiger partial charge in [-0.1, -0.05) is 0 Å². The topological polar surface area (TPSA) is 233 Å². The second kappa shape index (κ2) is 11.9. The van der Waals surface area contributed by atoms with Crippen LogP contribution in [-0.2, 0) is 38.6 Å². The van der Waals surface area contributed by atoms with Gasteiger partial charge in [0, 0.05) is 29.8 Å². The molecule has 4 N–H and O–H groups in total. The standard InChI is InChI=1S/C20H26N6O11S3/c1-8(27)35-6-9-7-38-16-11(14(29)26(16)15(9)36-19(31)32)21-13(28)10(25-40(5,33)34)12-22-17(39-24-12)23-18(30)37-20(2,3)4/h10-11,16,25H,6-7H2,1-5H3,(H,21,28)(H,31,32)(H,22,23,24,30)/t10?,11-,16+/m1/s1. The highest BCUT2D eigenvalue weighted by atomic mass is 32.2. The van der Waals surface area contributed by atoms with Crippen LogP contribution in [0.15, 0.2) is 11.5 Å². The molecule has 1 aromatic rings. The summed E-state index contributed by atoms with van der Waals surface area (Å²) in [5.74, 6) is -2.90. The summed E-state index contributed by atoms with van der Waals surface area (Å²) >= 11 is 1.80. The third-order valence-corrected chi connectivity index (χ3v) is 7.47. The lowest BCUT2D eigenvalue weighted by molar-refractivity contribution is -0.149. The Morgan fingerprint density at radius 3 is 2.50 bits per heavy atom. The van der Waals surface area contributed by atoms with Crippen molar-refractivity contribution in [1.82, 2.24) is 24.3 Å². The third kappa shape index (κ3) is 8.02. The summed E-state index contributed by atoms with van der Waals surface area (Å²) in [6, 6.07) is -2.87. The SMILES string of the molecule is CC(=O)OCC1=C(OC(=O)O)N2C(=O)[C@@H](NC(=O)C(NS(C)(=O)=O)c3nsc(NC(=O)OC(C)(C)C)n3)[C@@H]2SC1. The van der Waals surface area contributed by atoms with Crippen molar-refractivity contribution in [2.45, 2.75) is 50.8 Å². The lowest BCUT2D eigenvalue weighted by Crippen LogP contribution is -2.70. The van der Waals surface area contributed by atoms with E-state index in [0.717, 1.165) is 29.8 Å². The van der Waals surface area contributed by atoms with Crippen molar-refractivity contribution in [3.8, 4) is 0 Å². The molecular weight excluding hydrogens is 596 g/mol. The second-order valence-electron chi connectivity index (χ2n) is 9.36. The average Bonchev–Trinajstić information content (AvgIpc) is 3.25. The smallest absolute Gasteiger partial charge is 0.461 e. The molecule has 0 aromatic carbocycles. The molecule has 220 valence electrons. The number of esters is 1. The van der Waals surface area contributed by atoms with Crippen LogP contribution in [-0.4, -0.2) is 93.4 Å². The van der Waals surface area contributed by atoms with Gasteiger partial charge in [-0.3, -0.25) is 24.6 Å². The molecule has 2 aliphatic heterocycles. The number of amides is 3. The molecule has 1 unspecified atom stereocenters. The molecular formula is C20H26N6O11S3. The summed E-state index contributed by atoms with van der Waals surface area (Å²) in [5, 5.41) is 13.0. The first-order valence-corrected chi connectivity index (χ1v) is 15.0. The zero-order valence-electron chi connectivity index (χ0n) is 21.7. The minimum Gasteiger partial charge on any atom is -0.461 e. The number of hydrogen-bond acceptors (Lipinski definition) is 14. The Hall–Kier alpha value is -3.49. The molecule has 3 amide bonds. The van der Waals surface area contributed by atoms with E-state index in [4.69, 9.17) is 19.3 Å². The van der Waals surface area contributed by atoms with E-state index in [1.54, 1.807) is 20.8 Å². The summed E-state index contributed by atoms with van der Waals surface area (Å²) in [6.07, 6.45) is -1.75. The Morgan fingerprint density at radius 2 is 1.93 bits per heavy atom. The molecule has 0 saturated carbocycles. The van der Waals surface area contributed by atoms with Crippen LogP contribution < -0.4 is 15.4 Å². The van der Waals surface area contributed by atoms with Crippen LogP contribution >= 0.6 is 23.3 Å². The van der Waals surface area contributed by atoms with Crippen LogP contribution in [0.2, 0.25) is 0 Å². The molecule has 40 heavy (non-hydrogen) atoms. The molecule has 0 spiro atoms. The summed E-state index contributed by atoms with van der Waals surface area (Å²) in [7, 11) is -3.99. The zero-order valence-corrected chi connectivity index (χ0v) is 24.2. The number of fused-ring (bicyclic) bond motifs is 1. The van der Waals surface area contributed by atoms with Crippen LogP contribution in [0.1, 0.15) is 39.6 Å². The van der Waals surface area contributed by atoms with Crippen LogP contribution in [0.4, 0.5) is 14.7 Å². The maximum Gasteiger partial charge on any atom is 0.512 e. The first kappa shape index (κ1) is 31.0. The van der Waals surface area contributed by atoms with Gasteiger partial charge in [0.25, 0.3) is 5.91 Å². The fourth-order valence-corrected chi connectivity index (χ4v) is 5.90. The Kier molecular flexibility index (Phi) is 9.27. The summed E-state index contributed by atoms with van der Waals surface area (Å²) in [4.78, 5) is 65.5. The number of thioether (sulfide) groups is 1. The van der Waals surface area contributed by atoms with Crippen LogP contribution in [0.3, 0.4) is 0 Å². The number of sulfonamides is 1. The number of anilines is 1. The summed E-state index contributed by atoms with van der Waals surface area (Å²) in [6.45, 7) is 5.79. The van der Waals surface area contributed by atoms with E-state index in [9.17, 15) is 32.4 Å². The quantitative estimate of drug-likeness (QED) is 0.165. The van der Waals surface area contributed by atoms with Crippen molar-refractivity contribution in [2.75, 3.05) is 23.9 Å². The van der Waals surface area contributed by atoms with Crippen LogP contribution in [0.5, 0.6) is 0 Å². The lowest BCUT2D eigenvalue weighted by atomic mass is 10.1. The number of aromatic nitrogens is 2. The normalized spacial score (nSPS) is 19.6. The number of ether oxygens (including phenoxy) is 3. The highest BCUT2D eigenvalue weighted by Gasteiger charge is 2.54. The van der Waals surface area contributed by atoms with Gasteiger partial charge in [-0.2, -0.15) is 9.10 Å². The van der Waals surface area contributed by atoms with Crippen molar-refractivity contribution in [3.05, 3.63) is 17.3 Å². The fraction of sp³-hybridized carbons (Fsp3) is 0.550. The van der Waals surface area contributed by atoms with Crippen LogP contribution in [0, 0.1) is 0 Å². The molecule has 3 heterocycles. The largest absolute Gasteiger partial charge is 0.512 e. The van der Waals surface area contributed by atoms with E-state index in [2.05, 4.69) is 24.7 Å². The van der Waals surface area contributed by atoms with Gasteiger partial charge < -0.3 is 24.6 Å². The van der Waals surface area contributed by atoms with Crippen molar-refractivity contribution in [1.29, 1.82) is 0 Å². The molecule has 1 fully saturated rings. The summed E-state index contributed by atoms with van der Waals surface area (Å²) < 4.78 is 44.8. The van der Waals surface area contributed by atoms with Gasteiger partial charge in [0.1, 0.15) is 23.6 Å². The lowest BCUT2D eigenvalue weighted by Gasteiger charge is -2.49. The molecule has 17 nitrogen and oxygen atoms in total. The van der Waals surface area contributed by atoms with E-state index in [-0.39, 0.29) is 34.8 Å². The minimum atomic E-state index is -3.99. The van der Waals surface area contributed by atoms with E-state index < -0.39 is 63.1 Å². The first-order valence-electron chi connectivity index (χ1n) is 11.3. The van der Waals surface area contributed by atoms with E-state index in [0.29, 0.717) is 11.5 Å². The van der Waals surface area contributed by atoms with E-state index >= 15 is 0 Å². The number of nitrogens with zero attached hydrogens (tertiary/aromatic N) is 3. The molecule has 20 heteroatoms. The maximum absolute atomic E-state index is 13.2. The highest BCUT2D eigenvalue weighted by molar-refractivity contribution is 8.00. The van der Waals surface area contributed by atoms with Gasteiger partial charge in [-0.15, -0.1) is 11.8 Å². The predicted molar refractivity (Wildman–Crippen MR) is 138 cm³/mol. The number of β-lactam (4-membered cyclic amide) rings is 1. The van der Waals surface area contributed by atoms with Crippen molar-refractivity contribution < 1.29 is 51.7 Å². The Balaban J connectivity index is 1.78. The zero-order chi connectivity index (χ0) is 30.0. The number of carbonyl (C=O) groups is 5. The predicted octanol–water partition coefficient (Wildman–Crippen LogP) is 0.345. The van der Waals surface area contributed by atoms with Crippen molar-refractivity contribution in [2.24, 2.45) is 0 Å². The maximum atomic E-state index is 13.2. The molecule has 0 bridgehead atoms. The van der Waals surface area contributed by atoms with Crippen molar-refractivity contribution in [3.63, 3.8) is 0 Å². The Morgan fingerprint density at radius 1 is 1.25 bits per heavy atom. The number of rotatable bonds is 9. The third-order valence-electron chi connectivity index (χ3n) is 4.83. The molecule has 2 aliphatic rings. The van der Waals surface area contributed by atoms with Crippen LogP contribution in [0.25, 0.3) is 0 Å². The molecule has 0 aliphatic carbocycles. The summed E-state index contributed by atoms with van der Waals surface area (Å²) in [5.41, 5.74) is -0.575. The Labute approximate surface area is 236 Å². The molecule has 0 radical (unpaired) electrons. The molecule has 1 saturated heterocycles. The number of nitrogens with one attached hydrogen (secondary N) is 3. The van der Waals surface area contributed by atoms with E-state index in [1.807, 2.05) is 0 Å². The van der Waals surface area contributed by atoms with Gasteiger partial charge in [0.15, 0.2) is 11.9 Å². The molecule has 3 rings (SSSR count). The van der Waals surface area contributed by atoms with Crippen molar-refractivity contribution >= 4 is 68.5 Å². The fourth-order valence-electron chi connectivity index (χ4n) is 3.37. The average molecular weight is 623 g/mol. The molecule has 1 aromatic heterocycles. The monoisotopic (exact) mass is 622 g/mol. The molecule has 3 atom stereocenters. The minimum absolute atomic E-state index is 0.0769. The van der Waals surface area contributed by atoms with Gasteiger partial charge in [0.05, 0.1) is 6.26 Å². The number of carbonyl (C=O) groups excluding carboxylic acids is 4. The number of hydrogen-bond donors (Lipinski definition) is 4. The number of carboxylic acid groups (broad SMARTS) is 1. The van der Waals surface area contributed by atoms with E-state index in [1.165, 1.54) is 0 Å². The first-order chi connectivity index (χ1) is 18.4. The highest BCUT2D eigenvalue weighted by Crippen LogP contribution is 2.41. The van der Waals surface area contributed by atoms with Gasteiger partial charge >= 0.3 is 18.2 Å². The van der Waals surface area contributed by atoms with Gasteiger partial charge in [-0.25, -0.2) is 23.0 Å². The van der Waals surface area contributed by atoms with Gasteiger partial charge in [0.2, 0.25) is 26.9 Å². The second-order valence-corrected chi connectivity index (χ2v) is 13.0.